The highest BCUT2D eigenvalue weighted by Gasteiger charge is 2.14. The van der Waals surface area contributed by atoms with E-state index in [0.29, 0.717) is 10.7 Å². The van der Waals surface area contributed by atoms with Gasteiger partial charge < -0.3 is 9.72 Å². The molecule has 1 heterocycles. The first-order valence-corrected chi connectivity index (χ1v) is 7.71. The van der Waals surface area contributed by atoms with Gasteiger partial charge in [-0.25, -0.2) is 5.43 Å². The van der Waals surface area contributed by atoms with E-state index in [1.54, 1.807) is 19.4 Å². The second kappa shape index (κ2) is 6.76. The number of aromatic amines is 1. The Morgan fingerprint density at radius 3 is 2.71 bits per heavy atom. The number of nitrogens with one attached hydrogen (secondary N) is 2. The predicted octanol–water partition coefficient (Wildman–Crippen LogP) is 3.90. The van der Waals surface area contributed by atoms with Crippen molar-refractivity contribution in [3.8, 4) is 5.75 Å². The summed E-state index contributed by atoms with van der Waals surface area (Å²) in [5.74, 6) is 0.466. The molecule has 24 heavy (non-hydrogen) atoms. The maximum Gasteiger partial charge on any atom is 0.288 e. The molecular weight excluding hydrogens is 326 g/mol. The molecule has 0 aliphatic rings. The molecule has 6 heteroatoms. The first kappa shape index (κ1) is 16.1. The fourth-order valence-electron chi connectivity index (χ4n) is 2.44. The van der Waals surface area contributed by atoms with Crippen LogP contribution in [0.1, 0.15) is 21.6 Å². The van der Waals surface area contributed by atoms with Gasteiger partial charge >= 0.3 is 0 Å². The van der Waals surface area contributed by atoms with Crippen molar-refractivity contribution in [1.82, 2.24) is 10.4 Å². The normalized spacial score (nSPS) is 11.1. The van der Waals surface area contributed by atoms with Gasteiger partial charge in [0.2, 0.25) is 0 Å². The Balaban J connectivity index is 1.75. The molecule has 3 aromatic rings. The molecule has 0 saturated heterocycles. The number of carbonyl (C=O) groups is 1. The van der Waals surface area contributed by atoms with Crippen LogP contribution < -0.4 is 10.2 Å². The maximum atomic E-state index is 12.3. The largest absolute Gasteiger partial charge is 0.497 e. The third-order valence-electron chi connectivity index (χ3n) is 3.74. The number of rotatable bonds is 4. The number of halogens is 1. The van der Waals surface area contributed by atoms with Crippen LogP contribution in [0.25, 0.3) is 10.9 Å². The number of benzene rings is 2. The molecule has 0 unspecified atom stereocenters. The van der Waals surface area contributed by atoms with E-state index in [2.05, 4.69) is 15.5 Å². The van der Waals surface area contributed by atoms with Crippen molar-refractivity contribution in [3.63, 3.8) is 0 Å². The van der Waals surface area contributed by atoms with Gasteiger partial charge in [0.15, 0.2) is 0 Å². The van der Waals surface area contributed by atoms with Crippen molar-refractivity contribution in [2.75, 3.05) is 7.11 Å². The summed E-state index contributed by atoms with van der Waals surface area (Å²) in [6, 6.07) is 12.8. The van der Waals surface area contributed by atoms with Crippen molar-refractivity contribution in [1.29, 1.82) is 0 Å². The number of hydrogen-bond acceptors (Lipinski definition) is 3. The summed E-state index contributed by atoms with van der Waals surface area (Å²) < 4.78 is 5.09. The summed E-state index contributed by atoms with van der Waals surface area (Å²) in [6.07, 6.45) is 1.58. The minimum atomic E-state index is -0.301. The zero-order valence-electron chi connectivity index (χ0n) is 13.3. The van der Waals surface area contributed by atoms with E-state index >= 15 is 0 Å². The summed E-state index contributed by atoms with van der Waals surface area (Å²) in [4.78, 5) is 15.4. The van der Waals surface area contributed by atoms with E-state index in [9.17, 15) is 4.79 Å². The molecule has 0 fully saturated rings. The van der Waals surface area contributed by atoms with Gasteiger partial charge in [0.05, 0.1) is 13.3 Å². The topological polar surface area (TPSA) is 66.5 Å². The lowest BCUT2D eigenvalue weighted by Crippen LogP contribution is -2.18. The lowest BCUT2D eigenvalue weighted by molar-refractivity contribution is 0.0950. The third kappa shape index (κ3) is 3.26. The van der Waals surface area contributed by atoms with Crippen molar-refractivity contribution in [2.24, 2.45) is 5.10 Å². The Bertz CT molecular complexity index is 914. The lowest BCUT2D eigenvalue weighted by Gasteiger charge is -2.00. The van der Waals surface area contributed by atoms with Crippen LogP contribution in [0.2, 0.25) is 5.02 Å². The van der Waals surface area contributed by atoms with E-state index in [4.69, 9.17) is 16.3 Å². The molecule has 2 N–H and O–H groups in total. The number of aromatic nitrogens is 1. The fraction of sp³-hybridized carbons (Fsp3) is 0.111. The maximum absolute atomic E-state index is 12.3. The average Bonchev–Trinajstić information content (AvgIpc) is 2.92. The third-order valence-corrected chi connectivity index (χ3v) is 3.98. The first-order valence-electron chi connectivity index (χ1n) is 7.34. The fourth-order valence-corrected chi connectivity index (χ4v) is 2.61. The molecule has 0 spiro atoms. The number of fused-ring (bicyclic) bond motifs is 1. The number of H-pyrrole nitrogens is 1. The van der Waals surface area contributed by atoms with Crippen LogP contribution >= 0.6 is 11.6 Å². The average molecular weight is 342 g/mol. The van der Waals surface area contributed by atoms with Crippen LogP contribution in [-0.2, 0) is 0 Å². The zero-order chi connectivity index (χ0) is 17.1. The van der Waals surface area contributed by atoms with Crippen LogP contribution in [0, 0.1) is 6.92 Å². The van der Waals surface area contributed by atoms with Gasteiger partial charge in [-0.1, -0.05) is 11.6 Å². The van der Waals surface area contributed by atoms with Crippen LogP contribution in [0.4, 0.5) is 0 Å². The Morgan fingerprint density at radius 2 is 2.00 bits per heavy atom. The van der Waals surface area contributed by atoms with Crippen LogP contribution in [0.3, 0.4) is 0 Å². The Hall–Kier alpha value is -2.79. The molecule has 2 aromatic carbocycles. The number of carbonyl (C=O) groups excluding carboxylic acids is 1. The number of methoxy groups -OCH3 is 1. The monoisotopic (exact) mass is 341 g/mol. The smallest absolute Gasteiger partial charge is 0.288 e. The molecule has 0 aliphatic carbocycles. The molecule has 0 saturated carbocycles. The molecule has 0 bridgehead atoms. The molecule has 0 aliphatic heterocycles. The number of hydrazone groups is 1. The summed E-state index contributed by atoms with van der Waals surface area (Å²) in [6.45, 7) is 1.87. The number of ether oxygens (including phenoxy) is 1. The highest BCUT2D eigenvalue weighted by atomic mass is 35.5. The molecule has 3 rings (SSSR count). The van der Waals surface area contributed by atoms with Gasteiger partial charge in [0.25, 0.3) is 5.91 Å². The number of aryl methyl sites for hydroxylation is 1. The molecule has 5 nitrogen and oxygen atoms in total. The van der Waals surface area contributed by atoms with Gasteiger partial charge in [-0.05, 0) is 60.5 Å². The van der Waals surface area contributed by atoms with E-state index < -0.39 is 0 Å². The van der Waals surface area contributed by atoms with E-state index in [-0.39, 0.29) is 5.91 Å². The highest BCUT2D eigenvalue weighted by Crippen LogP contribution is 2.24. The van der Waals surface area contributed by atoms with Crippen molar-refractivity contribution >= 4 is 34.6 Å². The van der Waals surface area contributed by atoms with Gasteiger partial charge in [-0.2, -0.15) is 5.10 Å². The Kier molecular flexibility index (Phi) is 4.53. The summed E-state index contributed by atoms with van der Waals surface area (Å²) in [7, 11) is 1.61. The van der Waals surface area contributed by atoms with E-state index in [0.717, 1.165) is 27.8 Å². The summed E-state index contributed by atoms with van der Waals surface area (Å²) in [5.41, 5.74) is 5.56. The molecule has 0 atom stereocenters. The molecule has 1 amide bonds. The van der Waals surface area contributed by atoms with E-state index in [1.807, 2.05) is 43.3 Å². The minimum absolute atomic E-state index is 0.301. The standard InChI is InChI=1S/C18H16ClN3O2/c1-11-15-9-13(19)5-8-16(15)21-17(11)18(23)22-20-10-12-3-6-14(24-2)7-4-12/h3-10,21H,1-2H3,(H,22,23)/b20-10+. The number of amides is 1. The van der Waals surface area contributed by atoms with Crippen LogP contribution in [0.15, 0.2) is 47.6 Å². The SMILES string of the molecule is COc1ccc(/C=N/NC(=O)c2[nH]c3ccc(Cl)cc3c2C)cc1. The summed E-state index contributed by atoms with van der Waals surface area (Å²) in [5, 5.41) is 5.55. The summed E-state index contributed by atoms with van der Waals surface area (Å²) >= 11 is 6.01. The van der Waals surface area contributed by atoms with Gasteiger partial charge in [-0.3, -0.25) is 4.79 Å². The van der Waals surface area contributed by atoms with Crippen molar-refractivity contribution < 1.29 is 9.53 Å². The van der Waals surface area contributed by atoms with Gasteiger partial charge in [-0.15, -0.1) is 0 Å². The number of hydrogen-bond donors (Lipinski definition) is 2. The van der Waals surface area contributed by atoms with Crippen LogP contribution in [-0.4, -0.2) is 24.2 Å². The highest BCUT2D eigenvalue weighted by molar-refractivity contribution is 6.31. The van der Waals surface area contributed by atoms with Gasteiger partial charge in [0, 0.05) is 15.9 Å². The molecule has 1 aromatic heterocycles. The molecule has 122 valence electrons. The zero-order valence-corrected chi connectivity index (χ0v) is 14.0. The number of nitrogens with zero attached hydrogens (tertiary/aromatic N) is 1. The van der Waals surface area contributed by atoms with Crippen molar-refractivity contribution in [2.45, 2.75) is 6.92 Å². The first-order chi connectivity index (χ1) is 11.6. The molecular formula is C18H16ClN3O2. The second-order valence-electron chi connectivity index (χ2n) is 5.29. The minimum Gasteiger partial charge on any atom is -0.497 e. The predicted molar refractivity (Wildman–Crippen MR) is 96.1 cm³/mol. The quantitative estimate of drug-likeness (QED) is 0.558. The Labute approximate surface area is 144 Å². The Morgan fingerprint density at radius 1 is 1.25 bits per heavy atom. The van der Waals surface area contributed by atoms with E-state index in [1.165, 1.54) is 0 Å². The van der Waals surface area contributed by atoms with Crippen molar-refractivity contribution in [3.05, 3.63) is 64.3 Å². The van der Waals surface area contributed by atoms with Crippen LogP contribution in [0.5, 0.6) is 5.75 Å². The second-order valence-corrected chi connectivity index (χ2v) is 5.72. The molecule has 0 radical (unpaired) electrons. The van der Waals surface area contributed by atoms with Gasteiger partial charge in [0.1, 0.15) is 11.4 Å². The lowest BCUT2D eigenvalue weighted by atomic mass is 10.1.